The number of thiazole rings is 1. The van der Waals surface area contributed by atoms with Gasteiger partial charge in [0.2, 0.25) is 5.69 Å². The van der Waals surface area contributed by atoms with Gasteiger partial charge in [0.1, 0.15) is 11.2 Å². The topological polar surface area (TPSA) is 139 Å². The highest BCUT2D eigenvalue weighted by Gasteiger charge is 2.28. The third kappa shape index (κ3) is 6.18. The van der Waals surface area contributed by atoms with Crippen LogP contribution in [0.25, 0.3) is 10.6 Å². The van der Waals surface area contributed by atoms with Crippen LogP contribution in [-0.4, -0.2) is 56.2 Å². The molecule has 0 amide bonds. The normalized spacial score (nSPS) is 14.0. The Labute approximate surface area is 211 Å². The second kappa shape index (κ2) is 12.0. The summed E-state index contributed by atoms with van der Waals surface area (Å²) in [7, 11) is 0. The Hall–Kier alpha value is -3.51. The number of carbonyl (C=O) groups is 2. The second-order valence-corrected chi connectivity index (χ2v) is 9.23. The average Bonchev–Trinajstić information content (AvgIpc) is 3.56. The van der Waals surface area contributed by atoms with Crippen molar-refractivity contribution in [1.82, 2.24) is 19.7 Å². The molecule has 0 unspecified atom stereocenters. The molecule has 0 radical (unpaired) electrons. The lowest BCUT2D eigenvalue weighted by Crippen LogP contribution is -2.20. The van der Waals surface area contributed by atoms with E-state index in [1.165, 1.54) is 17.5 Å². The van der Waals surface area contributed by atoms with Crippen molar-refractivity contribution in [3.05, 3.63) is 57.1 Å². The Morgan fingerprint density at radius 1 is 1.31 bits per heavy atom. The summed E-state index contributed by atoms with van der Waals surface area (Å²) in [5, 5.41) is 18.1. The Bertz CT molecular complexity index is 1230. The van der Waals surface area contributed by atoms with Crippen molar-refractivity contribution in [1.29, 1.82) is 0 Å². The minimum Gasteiger partial charge on any atom is -0.461 e. The SMILES string of the molecule is CCOC(=O)c1csc(-c2ccnc(CCCCC(=O)c3nn(C4CCOCC4)cc3[N+](=O)[O-])c2)n1. The Balaban J connectivity index is 1.33. The van der Waals surface area contributed by atoms with E-state index in [0.717, 1.165) is 11.3 Å². The van der Waals surface area contributed by atoms with E-state index < -0.39 is 10.9 Å². The van der Waals surface area contributed by atoms with E-state index in [1.807, 2.05) is 12.1 Å². The van der Waals surface area contributed by atoms with E-state index in [-0.39, 0.29) is 35.3 Å². The summed E-state index contributed by atoms with van der Waals surface area (Å²) in [5.74, 6) is -0.778. The first-order valence-electron chi connectivity index (χ1n) is 11.9. The monoisotopic (exact) mass is 513 g/mol. The molecule has 0 saturated carbocycles. The molecule has 0 atom stereocenters. The quantitative estimate of drug-likeness (QED) is 0.120. The molecule has 3 aromatic heterocycles. The average molecular weight is 514 g/mol. The van der Waals surface area contributed by atoms with E-state index in [9.17, 15) is 19.7 Å². The number of hydrogen-bond acceptors (Lipinski definition) is 10. The highest BCUT2D eigenvalue weighted by atomic mass is 32.1. The van der Waals surface area contributed by atoms with E-state index in [4.69, 9.17) is 9.47 Å². The third-order valence-electron chi connectivity index (χ3n) is 5.88. The van der Waals surface area contributed by atoms with E-state index in [2.05, 4.69) is 15.1 Å². The van der Waals surface area contributed by atoms with Gasteiger partial charge in [-0.05, 0) is 51.2 Å². The van der Waals surface area contributed by atoms with Crippen LogP contribution < -0.4 is 0 Å². The number of nitro groups is 1. The number of nitrogens with zero attached hydrogens (tertiary/aromatic N) is 5. The molecule has 190 valence electrons. The first-order valence-corrected chi connectivity index (χ1v) is 12.8. The lowest BCUT2D eigenvalue weighted by atomic mass is 10.1. The van der Waals surface area contributed by atoms with Crippen LogP contribution in [0.2, 0.25) is 0 Å². The summed E-state index contributed by atoms with van der Waals surface area (Å²) in [6.45, 7) is 3.19. The smallest absolute Gasteiger partial charge is 0.357 e. The van der Waals surface area contributed by atoms with Crippen molar-refractivity contribution >= 4 is 28.8 Å². The number of esters is 1. The lowest BCUT2D eigenvalue weighted by molar-refractivity contribution is -0.385. The largest absolute Gasteiger partial charge is 0.461 e. The molecular weight excluding hydrogens is 486 g/mol. The van der Waals surface area contributed by atoms with Crippen LogP contribution in [0.3, 0.4) is 0 Å². The molecule has 3 aromatic rings. The van der Waals surface area contributed by atoms with E-state index >= 15 is 0 Å². The molecular formula is C24H27N5O6S. The first kappa shape index (κ1) is 25.6. The summed E-state index contributed by atoms with van der Waals surface area (Å²) < 4.78 is 11.9. The van der Waals surface area contributed by atoms with Gasteiger partial charge in [0.05, 0.1) is 17.6 Å². The Kier molecular flexibility index (Phi) is 8.49. The van der Waals surface area contributed by atoms with Crippen molar-refractivity contribution in [2.24, 2.45) is 0 Å². The van der Waals surface area contributed by atoms with Gasteiger partial charge in [-0.3, -0.25) is 24.6 Å². The predicted molar refractivity (Wildman–Crippen MR) is 131 cm³/mol. The minimum atomic E-state index is -0.544. The maximum absolute atomic E-state index is 12.8. The number of ketones is 1. The van der Waals surface area contributed by atoms with Gasteiger partial charge < -0.3 is 9.47 Å². The molecule has 0 spiro atoms. The zero-order chi connectivity index (χ0) is 25.5. The van der Waals surface area contributed by atoms with Crippen LogP contribution in [0.4, 0.5) is 5.69 Å². The van der Waals surface area contributed by atoms with Crippen LogP contribution in [0, 0.1) is 10.1 Å². The van der Waals surface area contributed by atoms with Crippen LogP contribution >= 0.6 is 11.3 Å². The van der Waals surface area contributed by atoms with Crippen molar-refractivity contribution < 1.29 is 24.0 Å². The Morgan fingerprint density at radius 3 is 2.86 bits per heavy atom. The molecule has 12 heteroatoms. The van der Waals surface area contributed by atoms with Gasteiger partial charge in [-0.1, -0.05) is 0 Å². The number of ether oxygens (including phenoxy) is 2. The zero-order valence-corrected chi connectivity index (χ0v) is 20.7. The van der Waals surface area contributed by atoms with Gasteiger partial charge in [0, 0.05) is 42.5 Å². The van der Waals surface area contributed by atoms with Gasteiger partial charge in [0.15, 0.2) is 11.5 Å². The summed E-state index contributed by atoms with van der Waals surface area (Å²) in [6, 6.07) is 3.74. The maximum atomic E-state index is 12.8. The molecule has 1 saturated heterocycles. The van der Waals surface area contributed by atoms with Crippen LogP contribution in [0.15, 0.2) is 29.9 Å². The number of unbranched alkanes of at least 4 members (excludes halogenated alkanes) is 1. The molecule has 4 heterocycles. The van der Waals surface area contributed by atoms with E-state index in [0.29, 0.717) is 56.9 Å². The van der Waals surface area contributed by atoms with Crippen LogP contribution in [-0.2, 0) is 15.9 Å². The highest BCUT2D eigenvalue weighted by Crippen LogP contribution is 2.27. The van der Waals surface area contributed by atoms with Crippen LogP contribution in [0.1, 0.15) is 71.7 Å². The van der Waals surface area contributed by atoms with Crippen molar-refractivity contribution in [2.45, 2.75) is 51.5 Å². The fourth-order valence-electron chi connectivity index (χ4n) is 4.01. The molecule has 1 aliphatic heterocycles. The van der Waals surface area contributed by atoms with Crippen molar-refractivity contribution in [2.75, 3.05) is 19.8 Å². The van der Waals surface area contributed by atoms with Crippen molar-refractivity contribution in [3.8, 4) is 10.6 Å². The molecule has 36 heavy (non-hydrogen) atoms. The minimum absolute atomic E-state index is 0.00329. The molecule has 0 bridgehead atoms. The summed E-state index contributed by atoms with van der Waals surface area (Å²) >= 11 is 1.36. The van der Waals surface area contributed by atoms with E-state index in [1.54, 1.807) is 23.2 Å². The van der Waals surface area contributed by atoms with Gasteiger partial charge in [-0.2, -0.15) is 5.10 Å². The Morgan fingerprint density at radius 2 is 2.11 bits per heavy atom. The first-order chi connectivity index (χ1) is 17.5. The van der Waals surface area contributed by atoms with Crippen molar-refractivity contribution in [3.63, 3.8) is 0 Å². The lowest BCUT2D eigenvalue weighted by Gasteiger charge is -2.21. The van der Waals surface area contributed by atoms with Gasteiger partial charge in [-0.25, -0.2) is 9.78 Å². The number of Topliss-reactive ketones (excluding diaryl/α,β-unsaturated/α-hetero) is 1. The number of pyridine rings is 1. The number of hydrogen-bond donors (Lipinski definition) is 0. The standard InChI is InChI=1S/C24H27N5O6S/c1-2-35-24(31)19-15-36-23(26-19)16-7-10-25-17(13-16)5-3-4-6-21(30)22-20(29(32)33)14-28(27-22)18-8-11-34-12-9-18/h7,10,13-15,18H,2-6,8-9,11-12H2,1H3. The molecule has 4 rings (SSSR count). The second-order valence-electron chi connectivity index (χ2n) is 8.37. The number of rotatable bonds is 11. The van der Waals surface area contributed by atoms with Gasteiger partial charge in [-0.15, -0.1) is 11.3 Å². The fraction of sp³-hybridized carbons (Fsp3) is 0.458. The molecule has 11 nitrogen and oxygen atoms in total. The predicted octanol–water partition coefficient (Wildman–Crippen LogP) is 4.43. The number of aryl methyl sites for hydroxylation is 1. The van der Waals surface area contributed by atoms with Crippen LogP contribution in [0.5, 0.6) is 0 Å². The third-order valence-corrected chi connectivity index (χ3v) is 6.77. The maximum Gasteiger partial charge on any atom is 0.357 e. The fourth-order valence-corrected chi connectivity index (χ4v) is 4.80. The molecule has 1 fully saturated rings. The summed E-state index contributed by atoms with van der Waals surface area (Å²) in [6.07, 6.45) is 6.51. The van der Waals surface area contributed by atoms with Gasteiger partial charge in [0.25, 0.3) is 0 Å². The number of carbonyl (C=O) groups excluding carboxylic acids is 2. The summed E-state index contributed by atoms with van der Waals surface area (Å²) in [5.41, 5.74) is 1.65. The molecule has 1 aliphatic rings. The molecule has 0 N–H and O–H groups in total. The zero-order valence-electron chi connectivity index (χ0n) is 19.9. The highest BCUT2D eigenvalue weighted by molar-refractivity contribution is 7.13. The van der Waals surface area contributed by atoms with Gasteiger partial charge >= 0.3 is 11.7 Å². The molecule has 0 aromatic carbocycles. The summed E-state index contributed by atoms with van der Waals surface area (Å²) in [4.78, 5) is 44.3. The number of aromatic nitrogens is 4. The molecule has 0 aliphatic carbocycles.